The van der Waals surface area contributed by atoms with Crippen LogP contribution in [-0.2, 0) is 18.0 Å². The first-order valence-electron chi connectivity index (χ1n) is 20.4. The second kappa shape index (κ2) is 21.5. The van der Waals surface area contributed by atoms with E-state index >= 15 is 0 Å². The van der Waals surface area contributed by atoms with E-state index in [-0.39, 0.29) is 24.7 Å². The summed E-state index contributed by atoms with van der Waals surface area (Å²) in [7, 11) is 0. The lowest BCUT2D eigenvalue weighted by molar-refractivity contribution is 0.0525. The average Bonchev–Trinajstić information content (AvgIpc) is 3.98. The van der Waals surface area contributed by atoms with Crippen molar-refractivity contribution < 1.29 is 37.7 Å². The smallest absolute Gasteiger partial charge is 0.339 e. The van der Waals surface area contributed by atoms with Crippen molar-refractivity contribution in [3.8, 4) is 11.5 Å². The number of hydrogen-bond donors (Lipinski definition) is 1. The third-order valence-corrected chi connectivity index (χ3v) is 12.2. The van der Waals surface area contributed by atoms with Crippen molar-refractivity contribution in [2.75, 3.05) is 6.61 Å². The maximum Gasteiger partial charge on any atom is 0.339 e. The minimum absolute atomic E-state index is 0.0658. The molecule has 0 aliphatic heterocycles. The maximum atomic E-state index is 14.2. The van der Waals surface area contributed by atoms with Gasteiger partial charge in [0.15, 0.2) is 0 Å². The highest BCUT2D eigenvalue weighted by Gasteiger charge is 2.24. The molecule has 1 N–H and O–H groups in total. The molecule has 2 heterocycles. The van der Waals surface area contributed by atoms with Gasteiger partial charge in [0.1, 0.15) is 36.3 Å². The van der Waals surface area contributed by atoms with Gasteiger partial charge in [0.05, 0.1) is 17.7 Å². The summed E-state index contributed by atoms with van der Waals surface area (Å²) in [6.45, 7) is 2.23. The first kappa shape index (κ1) is 46.6. The molecule has 0 amide bonds. The molecule has 0 radical (unpaired) electrons. The van der Waals surface area contributed by atoms with Crippen LogP contribution in [0, 0.1) is 11.6 Å². The van der Waals surface area contributed by atoms with Gasteiger partial charge in [-0.3, -0.25) is 9.97 Å². The van der Waals surface area contributed by atoms with Crippen LogP contribution >= 0.6 is 55.1 Å². The average molecular weight is 1030 g/mol. The Morgan fingerprint density at radius 2 is 1.08 bits per heavy atom. The van der Waals surface area contributed by atoms with E-state index in [0.29, 0.717) is 44.8 Å². The number of aromatic nitrogens is 2. The Kier molecular flexibility index (Phi) is 15.7. The number of carbonyl (C=O) groups excluding carboxylic acids is 1. The molecule has 14 heteroatoms. The molecule has 328 valence electrons. The highest BCUT2D eigenvalue weighted by Crippen LogP contribution is 2.45. The van der Waals surface area contributed by atoms with Crippen molar-refractivity contribution >= 4 is 89.3 Å². The van der Waals surface area contributed by atoms with Crippen molar-refractivity contribution in [3.63, 3.8) is 0 Å². The fourth-order valence-electron chi connectivity index (χ4n) is 7.69. The third-order valence-electron chi connectivity index (χ3n) is 10.7. The van der Waals surface area contributed by atoms with Crippen LogP contribution in [0.2, 0.25) is 10.0 Å². The van der Waals surface area contributed by atoms with Crippen molar-refractivity contribution in [2.45, 2.75) is 58.7 Å². The fraction of sp³-hybridized carbons (Fsp3) is 0.200. The summed E-state index contributed by atoms with van der Waals surface area (Å²) in [4.78, 5) is 31.9. The number of nitrogens with zero attached hydrogens (tertiary/aromatic N) is 2. The maximum absolute atomic E-state index is 14.2. The molecule has 0 fully saturated rings. The molecular formula is C50H40Br2Cl2F2N2O6. The largest absolute Gasteiger partial charge is 0.488 e. The number of esters is 1. The zero-order chi connectivity index (χ0) is 45.3. The molecule has 8 nitrogen and oxygen atoms in total. The van der Waals surface area contributed by atoms with Crippen LogP contribution in [0.4, 0.5) is 8.78 Å². The van der Waals surface area contributed by atoms with Gasteiger partial charge in [-0.2, -0.15) is 0 Å². The van der Waals surface area contributed by atoms with Crippen LogP contribution < -0.4 is 9.47 Å². The predicted octanol–water partition coefficient (Wildman–Crippen LogP) is 14.5. The van der Waals surface area contributed by atoms with Gasteiger partial charge >= 0.3 is 11.9 Å². The highest BCUT2D eigenvalue weighted by molar-refractivity contribution is 9.10. The van der Waals surface area contributed by atoms with Crippen LogP contribution in [0.25, 0.3) is 22.3 Å². The summed E-state index contributed by atoms with van der Waals surface area (Å²) in [5.41, 5.74) is 9.33. The zero-order valence-corrected chi connectivity index (χ0v) is 39.1. The molecule has 0 unspecified atom stereocenters. The number of rotatable bonds is 13. The Morgan fingerprint density at radius 1 is 0.625 bits per heavy atom. The van der Waals surface area contributed by atoms with E-state index < -0.39 is 17.6 Å². The Labute approximate surface area is 396 Å². The number of benzene rings is 4. The van der Waals surface area contributed by atoms with Gasteiger partial charge in [0.25, 0.3) is 0 Å². The van der Waals surface area contributed by atoms with Gasteiger partial charge in [0.2, 0.25) is 0 Å². The number of carboxylic acids is 1. The van der Waals surface area contributed by atoms with Crippen molar-refractivity contribution in [3.05, 3.63) is 185 Å². The van der Waals surface area contributed by atoms with Crippen LogP contribution in [0.3, 0.4) is 0 Å². The molecule has 0 saturated heterocycles. The van der Waals surface area contributed by atoms with Gasteiger partial charge in [-0.15, -0.1) is 0 Å². The second-order valence-corrected chi connectivity index (χ2v) is 17.6. The van der Waals surface area contributed by atoms with Crippen molar-refractivity contribution in [1.29, 1.82) is 0 Å². The molecule has 2 aliphatic carbocycles. The van der Waals surface area contributed by atoms with E-state index in [0.717, 1.165) is 92.0 Å². The van der Waals surface area contributed by atoms with E-state index in [2.05, 4.69) is 41.8 Å². The molecular weight excluding hydrogens is 993 g/mol. The number of carboxylic acid groups (broad SMARTS) is 1. The molecule has 0 saturated carbocycles. The number of hydrogen-bond acceptors (Lipinski definition) is 7. The molecule has 0 bridgehead atoms. The van der Waals surface area contributed by atoms with Gasteiger partial charge in [-0.1, -0.05) is 67.2 Å². The van der Waals surface area contributed by atoms with E-state index in [9.17, 15) is 23.5 Å². The van der Waals surface area contributed by atoms with Gasteiger partial charge in [0, 0.05) is 66.0 Å². The molecule has 2 aromatic heterocycles. The van der Waals surface area contributed by atoms with Crippen LogP contribution in [0.15, 0.2) is 119 Å². The Hall–Kier alpha value is -5.40. The molecule has 6 aromatic rings. The summed E-state index contributed by atoms with van der Waals surface area (Å²) in [6, 6.07) is 24.0. The molecule has 64 heavy (non-hydrogen) atoms. The number of allylic oxidation sites excluding steroid dienone is 4. The third kappa shape index (κ3) is 11.5. The standard InChI is InChI=1S/C26H22BrClFNO3.C24H18BrClFNO3/c1-2-32-26(31)18-10-17(13-30-14-18)21-4-3-5-22(21)23-11-19(27)7-9-25(23)33-15-16-6-8-20(28)12-24(16)29;25-17-5-7-23(31-13-14-4-6-18(26)10-22(14)27)21(9-17)20-3-1-2-19(20)15-8-16(24(29)30)12-28-11-15/h6-14H,2-5,15H2,1H3;4-12H,1-3,13H2,(H,29,30). The van der Waals surface area contributed by atoms with Crippen LogP contribution in [-0.4, -0.2) is 33.6 Å². The highest BCUT2D eigenvalue weighted by atomic mass is 79.9. The SMILES string of the molecule is CCOC(=O)c1cncc(C2=C(c3cc(Br)ccc3OCc3ccc(Cl)cc3F)CCC2)c1.O=C(O)c1cncc(C2=C(c3cc(Br)ccc3OCc3ccc(Cl)cc3F)CCC2)c1. The monoisotopic (exact) mass is 1030 g/mol. The summed E-state index contributed by atoms with van der Waals surface area (Å²) in [6.07, 6.45) is 11.6. The number of pyridine rings is 2. The zero-order valence-electron chi connectivity index (χ0n) is 34.4. The minimum atomic E-state index is -1.01. The van der Waals surface area contributed by atoms with E-state index in [1.165, 1.54) is 24.5 Å². The first-order chi connectivity index (χ1) is 30.9. The number of ether oxygens (including phenoxy) is 3. The van der Waals surface area contributed by atoms with Gasteiger partial charge < -0.3 is 19.3 Å². The Bertz CT molecular complexity index is 2800. The van der Waals surface area contributed by atoms with Crippen molar-refractivity contribution in [2.24, 2.45) is 0 Å². The molecule has 2 aliphatic rings. The summed E-state index contributed by atoms with van der Waals surface area (Å²) in [5, 5.41) is 10.00. The fourth-order valence-corrected chi connectivity index (χ4v) is 8.73. The van der Waals surface area contributed by atoms with Crippen LogP contribution in [0.5, 0.6) is 11.5 Å². The predicted molar refractivity (Wildman–Crippen MR) is 252 cm³/mol. The first-order valence-corrected chi connectivity index (χ1v) is 22.7. The Morgan fingerprint density at radius 3 is 1.53 bits per heavy atom. The lowest BCUT2D eigenvalue weighted by Crippen LogP contribution is -2.05. The van der Waals surface area contributed by atoms with E-state index in [4.69, 9.17) is 37.4 Å². The van der Waals surface area contributed by atoms with Gasteiger partial charge in [-0.25, -0.2) is 18.4 Å². The Balaban J connectivity index is 0.000000192. The number of carbonyl (C=O) groups is 2. The lowest BCUT2D eigenvalue weighted by Gasteiger charge is -2.16. The summed E-state index contributed by atoms with van der Waals surface area (Å²) >= 11 is 18.8. The summed E-state index contributed by atoms with van der Waals surface area (Å²) in [5.74, 6) is -0.910. The number of halogens is 6. The lowest BCUT2D eigenvalue weighted by atomic mass is 9.96. The topological polar surface area (TPSA) is 108 Å². The second-order valence-electron chi connectivity index (χ2n) is 14.9. The normalized spacial score (nSPS) is 13.4. The minimum Gasteiger partial charge on any atom is -0.488 e. The molecule has 4 aromatic carbocycles. The van der Waals surface area contributed by atoms with Gasteiger partial charge in [-0.05, 0) is 152 Å². The van der Waals surface area contributed by atoms with E-state index in [1.807, 2.05) is 42.5 Å². The molecule has 0 atom stereocenters. The van der Waals surface area contributed by atoms with E-state index in [1.54, 1.807) is 49.6 Å². The quantitative estimate of drug-likeness (QED) is 0.114. The van der Waals surface area contributed by atoms with Crippen LogP contribution in [0.1, 0.15) is 99.5 Å². The van der Waals surface area contributed by atoms with Crippen molar-refractivity contribution in [1.82, 2.24) is 9.97 Å². The number of aromatic carboxylic acids is 1. The molecule has 8 rings (SSSR count). The molecule has 0 spiro atoms. The summed E-state index contributed by atoms with van der Waals surface area (Å²) < 4.78 is 47.4.